The second-order valence-corrected chi connectivity index (χ2v) is 6.28. The minimum absolute atomic E-state index is 0.855. The van der Waals surface area contributed by atoms with Crippen LogP contribution in [0.4, 0.5) is 0 Å². The Balaban J connectivity index is 2.60. The first-order valence-corrected chi connectivity index (χ1v) is 7.46. The number of piperidine rings is 1. The van der Waals surface area contributed by atoms with Crippen molar-refractivity contribution in [3.05, 3.63) is 0 Å². The molecule has 0 saturated carbocycles. The number of rotatable bonds is 6. The first-order chi connectivity index (χ1) is 7.60. The molecule has 0 aliphatic carbocycles. The summed E-state index contributed by atoms with van der Waals surface area (Å²) in [4.78, 5) is 0. The molecule has 1 heteroatoms. The zero-order valence-corrected chi connectivity index (χ0v) is 12.0. The first-order valence-electron chi connectivity index (χ1n) is 7.46. The predicted molar refractivity (Wildman–Crippen MR) is 72.5 cm³/mol. The average Bonchev–Trinajstić information content (AvgIpc) is 2.26. The predicted octanol–water partition coefficient (Wildman–Crippen LogP) is 4.22. The third-order valence-electron chi connectivity index (χ3n) is 4.41. The highest BCUT2D eigenvalue weighted by molar-refractivity contribution is 4.63. The molecule has 0 spiro atoms. The van der Waals surface area contributed by atoms with Crippen LogP contribution in [0.25, 0.3) is 0 Å². The summed E-state index contributed by atoms with van der Waals surface area (Å²) >= 11 is 0. The Morgan fingerprint density at radius 3 is 2.12 bits per heavy atom. The lowest BCUT2D eigenvalue weighted by atomic mass is 9.96. The zero-order valence-electron chi connectivity index (χ0n) is 12.0. The molecule has 1 nitrogen and oxygen atoms in total. The molecule has 1 aliphatic rings. The van der Waals surface area contributed by atoms with E-state index in [0.29, 0.717) is 0 Å². The van der Waals surface area contributed by atoms with Crippen LogP contribution in [0.3, 0.4) is 0 Å². The van der Waals surface area contributed by atoms with Crippen molar-refractivity contribution in [3.63, 3.8) is 0 Å². The normalized spacial score (nSPS) is 22.3. The summed E-state index contributed by atoms with van der Waals surface area (Å²) in [5, 5.41) is 0. The highest BCUT2D eigenvalue weighted by atomic mass is 15.4. The van der Waals surface area contributed by atoms with Crippen molar-refractivity contribution in [2.45, 2.75) is 72.3 Å². The van der Waals surface area contributed by atoms with Gasteiger partial charge in [-0.15, -0.1) is 0 Å². The maximum Gasteiger partial charge on any atom is 0.0864 e. The fourth-order valence-electron chi connectivity index (χ4n) is 3.41. The summed E-state index contributed by atoms with van der Waals surface area (Å²) in [5.74, 6) is 0.855. The Hall–Kier alpha value is -0.0400. The Morgan fingerprint density at radius 1 is 1.00 bits per heavy atom. The minimum atomic E-state index is 0.855. The Morgan fingerprint density at radius 2 is 1.62 bits per heavy atom. The Bertz CT molecular complexity index is 180. The molecule has 96 valence electrons. The lowest BCUT2D eigenvalue weighted by Gasteiger charge is -2.47. The van der Waals surface area contributed by atoms with E-state index in [1.165, 1.54) is 62.6 Å². The van der Waals surface area contributed by atoms with Crippen molar-refractivity contribution in [1.82, 2.24) is 0 Å². The van der Waals surface area contributed by atoms with Gasteiger partial charge in [0.1, 0.15) is 0 Å². The van der Waals surface area contributed by atoms with Gasteiger partial charge in [0.05, 0.1) is 25.7 Å². The van der Waals surface area contributed by atoms with E-state index in [1.807, 2.05) is 0 Å². The highest BCUT2D eigenvalue weighted by Crippen LogP contribution is 2.27. The molecule has 1 unspecified atom stereocenters. The van der Waals surface area contributed by atoms with Gasteiger partial charge in [0, 0.05) is 6.42 Å². The van der Waals surface area contributed by atoms with Crippen LogP contribution in [-0.2, 0) is 0 Å². The van der Waals surface area contributed by atoms with Gasteiger partial charge in [-0.2, -0.15) is 0 Å². The summed E-state index contributed by atoms with van der Waals surface area (Å²) in [5.41, 5.74) is 0. The lowest BCUT2D eigenvalue weighted by molar-refractivity contribution is -0.954. The largest absolute Gasteiger partial charge is 0.321 e. The summed E-state index contributed by atoms with van der Waals surface area (Å²) < 4.78 is 1.44. The Labute approximate surface area is 103 Å². The van der Waals surface area contributed by atoms with Crippen LogP contribution >= 0.6 is 0 Å². The Kier molecular flexibility index (Phi) is 5.82. The number of hydrogen-bond donors (Lipinski definition) is 0. The van der Waals surface area contributed by atoms with Crippen LogP contribution in [-0.4, -0.2) is 30.2 Å². The quantitative estimate of drug-likeness (QED) is 0.595. The summed E-state index contributed by atoms with van der Waals surface area (Å²) in [6, 6.07) is 0.881. The van der Waals surface area contributed by atoms with Gasteiger partial charge in [-0.3, -0.25) is 0 Å². The summed E-state index contributed by atoms with van der Waals surface area (Å²) in [6.45, 7) is 13.9. The molecule has 0 amide bonds. The maximum absolute atomic E-state index is 2.50. The average molecular weight is 226 g/mol. The van der Waals surface area contributed by atoms with E-state index in [2.05, 4.69) is 27.7 Å². The molecule has 0 aromatic rings. The number of nitrogens with zero attached hydrogens (tertiary/aromatic N) is 1. The first kappa shape index (κ1) is 14.0. The third kappa shape index (κ3) is 3.76. The summed E-state index contributed by atoms with van der Waals surface area (Å²) in [7, 11) is 0. The summed E-state index contributed by atoms with van der Waals surface area (Å²) in [6.07, 6.45) is 8.58. The van der Waals surface area contributed by atoms with E-state index in [9.17, 15) is 0 Å². The van der Waals surface area contributed by atoms with Gasteiger partial charge in [0.25, 0.3) is 0 Å². The number of likely N-dealkylation sites (tertiary alicyclic amines) is 1. The fourth-order valence-corrected chi connectivity index (χ4v) is 3.41. The molecule has 1 saturated heterocycles. The number of hydrogen-bond acceptors (Lipinski definition) is 0. The van der Waals surface area contributed by atoms with Gasteiger partial charge in [0.2, 0.25) is 0 Å². The van der Waals surface area contributed by atoms with E-state index in [4.69, 9.17) is 0 Å². The molecular formula is C15H32N+. The minimum Gasteiger partial charge on any atom is -0.321 e. The van der Waals surface area contributed by atoms with Crippen LogP contribution in [0.5, 0.6) is 0 Å². The molecule has 0 aromatic carbocycles. The molecule has 0 bridgehead atoms. The van der Waals surface area contributed by atoms with E-state index in [1.54, 1.807) is 0 Å². The zero-order chi connectivity index (χ0) is 12.0. The molecule has 1 heterocycles. The van der Waals surface area contributed by atoms with Crippen LogP contribution in [0, 0.1) is 5.92 Å². The number of quaternary nitrogens is 1. The van der Waals surface area contributed by atoms with Crippen LogP contribution in [0.2, 0.25) is 0 Å². The molecule has 0 aromatic heterocycles. The van der Waals surface area contributed by atoms with Crippen molar-refractivity contribution in [3.8, 4) is 0 Å². The van der Waals surface area contributed by atoms with E-state index in [-0.39, 0.29) is 0 Å². The van der Waals surface area contributed by atoms with Gasteiger partial charge in [0.15, 0.2) is 0 Å². The molecule has 16 heavy (non-hydrogen) atoms. The second-order valence-electron chi connectivity index (χ2n) is 6.28. The maximum atomic E-state index is 2.50. The standard InChI is InChI=1S/C15H32N/c1-5-6-10-16(11-8-7-9-12-16)15(4)13-14(2)3/h14-15H,5-13H2,1-4H3/q+1. The smallest absolute Gasteiger partial charge is 0.0864 e. The monoisotopic (exact) mass is 226 g/mol. The van der Waals surface area contributed by atoms with Gasteiger partial charge in [-0.05, 0) is 38.5 Å². The van der Waals surface area contributed by atoms with Crippen molar-refractivity contribution < 1.29 is 4.48 Å². The lowest BCUT2D eigenvalue weighted by Crippen LogP contribution is -2.57. The van der Waals surface area contributed by atoms with Crippen molar-refractivity contribution in [2.24, 2.45) is 5.92 Å². The third-order valence-corrected chi connectivity index (χ3v) is 4.41. The molecule has 1 fully saturated rings. The van der Waals surface area contributed by atoms with Crippen LogP contribution < -0.4 is 0 Å². The molecule has 0 radical (unpaired) electrons. The van der Waals surface area contributed by atoms with Crippen molar-refractivity contribution in [2.75, 3.05) is 19.6 Å². The van der Waals surface area contributed by atoms with Gasteiger partial charge in [-0.25, -0.2) is 0 Å². The van der Waals surface area contributed by atoms with Crippen LogP contribution in [0.15, 0.2) is 0 Å². The molecule has 0 N–H and O–H groups in total. The highest BCUT2D eigenvalue weighted by Gasteiger charge is 2.34. The van der Waals surface area contributed by atoms with Gasteiger partial charge < -0.3 is 4.48 Å². The van der Waals surface area contributed by atoms with Crippen molar-refractivity contribution >= 4 is 0 Å². The topological polar surface area (TPSA) is 0 Å². The van der Waals surface area contributed by atoms with Crippen LogP contribution in [0.1, 0.15) is 66.2 Å². The second kappa shape index (κ2) is 6.64. The van der Waals surface area contributed by atoms with E-state index >= 15 is 0 Å². The van der Waals surface area contributed by atoms with E-state index < -0.39 is 0 Å². The van der Waals surface area contributed by atoms with Crippen molar-refractivity contribution in [1.29, 1.82) is 0 Å². The molecular weight excluding hydrogens is 194 g/mol. The SMILES string of the molecule is CCCC[N+]1(C(C)CC(C)C)CCCCC1. The molecule has 1 aliphatic heterocycles. The van der Waals surface area contributed by atoms with E-state index in [0.717, 1.165) is 12.0 Å². The molecule has 1 atom stereocenters. The van der Waals surface area contributed by atoms with Gasteiger partial charge >= 0.3 is 0 Å². The fraction of sp³-hybridized carbons (Fsp3) is 1.00. The van der Waals surface area contributed by atoms with Gasteiger partial charge in [-0.1, -0.05) is 27.2 Å². The number of unbranched alkanes of at least 4 members (excludes halogenated alkanes) is 1. The molecule has 1 rings (SSSR count).